The highest BCUT2D eigenvalue weighted by Crippen LogP contribution is 2.21. The average molecular weight is 222 g/mol. The largest absolute Gasteiger partial charge is 0.479 e. The molecule has 1 atom stereocenters. The Labute approximate surface area is 92.6 Å². The van der Waals surface area contributed by atoms with Crippen LogP contribution in [0.3, 0.4) is 0 Å². The molecule has 0 heterocycles. The van der Waals surface area contributed by atoms with Gasteiger partial charge in [0.15, 0.2) is 6.10 Å². The zero-order valence-corrected chi connectivity index (χ0v) is 8.95. The van der Waals surface area contributed by atoms with Gasteiger partial charge < -0.3 is 10.1 Å². The lowest BCUT2D eigenvalue weighted by atomic mass is 10.2. The van der Waals surface area contributed by atoms with Gasteiger partial charge in [-0.25, -0.2) is 4.39 Å². The van der Waals surface area contributed by atoms with Crippen molar-refractivity contribution in [1.29, 1.82) is 5.26 Å². The molecule has 0 aliphatic heterocycles. The van der Waals surface area contributed by atoms with E-state index < -0.39 is 11.9 Å². The van der Waals surface area contributed by atoms with Crippen molar-refractivity contribution >= 4 is 5.91 Å². The minimum atomic E-state index is -0.779. The average Bonchev–Trinajstić information content (AvgIpc) is 2.28. The molecule has 1 rings (SSSR count). The molecule has 0 bridgehead atoms. The Hall–Kier alpha value is -2.09. The second-order valence-corrected chi connectivity index (χ2v) is 3.10. The van der Waals surface area contributed by atoms with Crippen LogP contribution in [-0.2, 0) is 4.79 Å². The van der Waals surface area contributed by atoms with Gasteiger partial charge in [-0.3, -0.25) is 4.79 Å². The highest BCUT2D eigenvalue weighted by Gasteiger charge is 2.16. The van der Waals surface area contributed by atoms with Gasteiger partial charge >= 0.3 is 0 Å². The lowest BCUT2D eigenvalue weighted by molar-refractivity contribution is -0.126. The van der Waals surface area contributed by atoms with Gasteiger partial charge in [0.2, 0.25) is 0 Å². The third-order valence-electron chi connectivity index (χ3n) is 2.01. The molecule has 0 saturated carbocycles. The molecule has 4 nitrogen and oxygen atoms in total. The number of ether oxygens (including phenoxy) is 1. The number of carbonyl (C=O) groups is 1. The van der Waals surface area contributed by atoms with E-state index >= 15 is 0 Å². The summed E-state index contributed by atoms with van der Waals surface area (Å²) in [4.78, 5) is 11.2. The number of carbonyl (C=O) groups excluding carboxylic acids is 1. The van der Waals surface area contributed by atoms with Crippen LogP contribution >= 0.6 is 0 Å². The lowest BCUT2D eigenvalue weighted by Crippen LogP contribution is -2.33. The van der Waals surface area contributed by atoms with Crippen LogP contribution in [0.5, 0.6) is 5.75 Å². The Morgan fingerprint density at radius 1 is 1.62 bits per heavy atom. The highest BCUT2D eigenvalue weighted by atomic mass is 19.1. The molecule has 0 spiro atoms. The first-order valence-electron chi connectivity index (χ1n) is 4.67. The molecule has 0 radical (unpaired) electrons. The molecular formula is C11H11FN2O2. The van der Waals surface area contributed by atoms with E-state index in [4.69, 9.17) is 10.00 Å². The van der Waals surface area contributed by atoms with E-state index in [-0.39, 0.29) is 17.2 Å². The maximum atomic E-state index is 13.2. The molecule has 1 amide bonds. The van der Waals surface area contributed by atoms with Gasteiger partial charge in [-0.15, -0.1) is 0 Å². The van der Waals surface area contributed by atoms with Crippen molar-refractivity contribution in [2.24, 2.45) is 0 Å². The van der Waals surface area contributed by atoms with Gasteiger partial charge in [0.1, 0.15) is 23.2 Å². The van der Waals surface area contributed by atoms with Crippen LogP contribution in [0.2, 0.25) is 0 Å². The molecule has 0 aliphatic rings. The van der Waals surface area contributed by atoms with E-state index in [0.29, 0.717) is 0 Å². The predicted octanol–water partition coefficient (Wildman–Crippen LogP) is 1.21. The predicted molar refractivity (Wildman–Crippen MR) is 55.3 cm³/mol. The van der Waals surface area contributed by atoms with Crippen molar-refractivity contribution in [3.8, 4) is 11.8 Å². The zero-order valence-electron chi connectivity index (χ0n) is 8.95. The number of nitrogens with one attached hydrogen (secondary N) is 1. The zero-order chi connectivity index (χ0) is 12.1. The number of rotatable bonds is 3. The smallest absolute Gasteiger partial charge is 0.260 e. The topological polar surface area (TPSA) is 62.1 Å². The Kier molecular flexibility index (Phi) is 3.84. The maximum absolute atomic E-state index is 13.2. The van der Waals surface area contributed by atoms with Gasteiger partial charge in [-0.05, 0) is 19.1 Å². The summed E-state index contributed by atoms with van der Waals surface area (Å²) in [5.74, 6) is -0.934. The number of nitrogens with zero attached hydrogens (tertiary/aromatic N) is 1. The summed E-state index contributed by atoms with van der Waals surface area (Å²) in [6.45, 7) is 1.52. The van der Waals surface area contributed by atoms with Crippen LogP contribution in [0.4, 0.5) is 4.39 Å². The lowest BCUT2D eigenvalue weighted by Gasteiger charge is -2.14. The molecule has 84 valence electrons. The van der Waals surface area contributed by atoms with Crippen LogP contribution in [-0.4, -0.2) is 19.1 Å². The number of benzene rings is 1. The summed E-state index contributed by atoms with van der Waals surface area (Å²) in [5, 5.41) is 11.1. The van der Waals surface area contributed by atoms with Crippen molar-refractivity contribution in [1.82, 2.24) is 5.32 Å². The minimum Gasteiger partial charge on any atom is -0.479 e. The molecule has 16 heavy (non-hydrogen) atoms. The molecule has 0 aliphatic carbocycles. The van der Waals surface area contributed by atoms with E-state index in [0.717, 1.165) is 6.07 Å². The van der Waals surface area contributed by atoms with E-state index in [1.807, 2.05) is 0 Å². The van der Waals surface area contributed by atoms with Gasteiger partial charge in [0.05, 0.1) is 0 Å². The van der Waals surface area contributed by atoms with Gasteiger partial charge in [0.25, 0.3) is 5.91 Å². The molecule has 1 N–H and O–H groups in total. The second kappa shape index (κ2) is 5.12. The fourth-order valence-corrected chi connectivity index (χ4v) is 1.16. The van der Waals surface area contributed by atoms with E-state index in [9.17, 15) is 9.18 Å². The summed E-state index contributed by atoms with van der Waals surface area (Å²) in [7, 11) is 1.47. The third kappa shape index (κ3) is 2.48. The van der Waals surface area contributed by atoms with E-state index in [1.54, 1.807) is 6.07 Å². The van der Waals surface area contributed by atoms with Gasteiger partial charge in [-0.1, -0.05) is 6.07 Å². The summed E-state index contributed by atoms with van der Waals surface area (Å²) in [6.07, 6.45) is -0.779. The van der Waals surface area contributed by atoms with Crippen LogP contribution in [0.15, 0.2) is 18.2 Å². The fourth-order valence-electron chi connectivity index (χ4n) is 1.16. The monoisotopic (exact) mass is 222 g/mol. The molecule has 0 fully saturated rings. The van der Waals surface area contributed by atoms with Crippen LogP contribution < -0.4 is 10.1 Å². The molecule has 0 aromatic heterocycles. The molecule has 1 aromatic carbocycles. The Morgan fingerprint density at radius 3 is 2.88 bits per heavy atom. The number of hydrogen-bond donors (Lipinski definition) is 1. The van der Waals surface area contributed by atoms with Crippen molar-refractivity contribution in [3.63, 3.8) is 0 Å². The summed E-state index contributed by atoms with van der Waals surface area (Å²) in [5.41, 5.74) is -0.196. The first kappa shape index (κ1) is 12.0. The van der Waals surface area contributed by atoms with Crippen molar-refractivity contribution < 1.29 is 13.9 Å². The van der Waals surface area contributed by atoms with Crippen LogP contribution in [0, 0.1) is 17.1 Å². The number of nitriles is 1. The quantitative estimate of drug-likeness (QED) is 0.836. The van der Waals surface area contributed by atoms with E-state index in [2.05, 4.69) is 5.32 Å². The first-order valence-corrected chi connectivity index (χ1v) is 4.67. The van der Waals surface area contributed by atoms with Crippen molar-refractivity contribution in [3.05, 3.63) is 29.6 Å². The molecular weight excluding hydrogens is 211 g/mol. The summed E-state index contributed by atoms with van der Waals surface area (Å²) < 4.78 is 18.4. The molecule has 0 saturated heterocycles. The molecule has 1 aromatic rings. The first-order chi connectivity index (χ1) is 7.60. The summed E-state index contributed by atoms with van der Waals surface area (Å²) in [6, 6.07) is 5.72. The fraction of sp³-hybridized carbons (Fsp3) is 0.273. The van der Waals surface area contributed by atoms with Crippen LogP contribution in [0.1, 0.15) is 12.5 Å². The number of likely N-dealkylation sites (N-methyl/N-ethyl adjacent to an activating group) is 1. The highest BCUT2D eigenvalue weighted by molar-refractivity contribution is 5.80. The minimum absolute atomic E-state index is 0.0681. The molecule has 5 heteroatoms. The number of amides is 1. The van der Waals surface area contributed by atoms with Gasteiger partial charge in [0, 0.05) is 7.05 Å². The van der Waals surface area contributed by atoms with Crippen molar-refractivity contribution in [2.45, 2.75) is 13.0 Å². The second-order valence-electron chi connectivity index (χ2n) is 3.10. The Morgan fingerprint density at radius 2 is 2.31 bits per heavy atom. The van der Waals surface area contributed by atoms with E-state index in [1.165, 1.54) is 26.1 Å². The maximum Gasteiger partial charge on any atom is 0.260 e. The number of hydrogen-bond acceptors (Lipinski definition) is 3. The SMILES string of the molecule is CNC(=O)C(C)Oc1cccc(F)c1C#N. The normalized spacial score (nSPS) is 11.4. The molecule has 1 unspecified atom stereocenters. The number of halogens is 1. The summed E-state index contributed by atoms with van der Waals surface area (Å²) >= 11 is 0. The van der Waals surface area contributed by atoms with Crippen molar-refractivity contribution in [2.75, 3.05) is 7.05 Å². The Bertz CT molecular complexity index is 440. The Balaban J connectivity index is 2.94. The van der Waals surface area contributed by atoms with Gasteiger partial charge in [-0.2, -0.15) is 5.26 Å². The van der Waals surface area contributed by atoms with Crippen LogP contribution in [0.25, 0.3) is 0 Å². The standard InChI is InChI=1S/C11H11FN2O2/c1-7(11(15)14-2)16-10-5-3-4-9(12)8(10)6-13/h3-5,7H,1-2H3,(H,14,15). The third-order valence-corrected chi connectivity index (χ3v) is 2.01.